The van der Waals surface area contributed by atoms with Crippen molar-refractivity contribution in [1.82, 2.24) is 15.1 Å². The van der Waals surface area contributed by atoms with E-state index in [1.165, 1.54) is 25.3 Å². The fraction of sp³-hybridized carbons (Fsp3) is 0.281. The molecule has 2 amide bonds. The van der Waals surface area contributed by atoms with Gasteiger partial charge < -0.3 is 16.0 Å². The van der Waals surface area contributed by atoms with Crippen LogP contribution in [0.2, 0.25) is 0 Å². The summed E-state index contributed by atoms with van der Waals surface area (Å²) < 4.78 is 1.71. The summed E-state index contributed by atoms with van der Waals surface area (Å²) >= 11 is 0. The van der Waals surface area contributed by atoms with Crippen LogP contribution in [-0.4, -0.2) is 28.1 Å². The van der Waals surface area contributed by atoms with Crippen LogP contribution >= 0.6 is 0 Å². The van der Waals surface area contributed by atoms with Crippen LogP contribution < -0.4 is 16.0 Å². The van der Waals surface area contributed by atoms with Crippen LogP contribution in [0.3, 0.4) is 0 Å². The molecule has 1 aromatic heterocycles. The maximum Gasteiger partial charge on any atom is 0.274 e. The molecule has 1 aliphatic carbocycles. The second kappa shape index (κ2) is 11.7. The zero-order valence-corrected chi connectivity index (χ0v) is 22.7. The molecule has 3 N–H and O–H groups in total. The first-order chi connectivity index (χ1) is 18.9. The fourth-order valence-electron chi connectivity index (χ4n) is 4.75. The van der Waals surface area contributed by atoms with Crippen LogP contribution in [0, 0.1) is 12.8 Å². The largest absolute Gasteiger partial charge is 0.326 e. The van der Waals surface area contributed by atoms with Gasteiger partial charge in [0.05, 0.1) is 17.4 Å². The third kappa shape index (κ3) is 6.62. The van der Waals surface area contributed by atoms with E-state index >= 15 is 0 Å². The molecule has 1 atom stereocenters. The summed E-state index contributed by atoms with van der Waals surface area (Å²) in [4.78, 5) is 24.9. The van der Waals surface area contributed by atoms with Crippen molar-refractivity contribution in [3.63, 3.8) is 0 Å². The van der Waals surface area contributed by atoms with Gasteiger partial charge in [0.25, 0.3) is 5.91 Å². The SMILES string of the molecule is CCc1cccc(-n2nc(C)cc2C(=O)Nc2cccc(C(NCC3CC3)c3ccc(NC(C)=O)cc3)c2)c1. The van der Waals surface area contributed by atoms with E-state index in [-0.39, 0.29) is 17.9 Å². The molecular formula is C32H35N5O2. The van der Waals surface area contributed by atoms with Gasteiger partial charge in [-0.15, -0.1) is 0 Å². The van der Waals surface area contributed by atoms with Crippen LogP contribution in [0.1, 0.15) is 65.6 Å². The molecule has 1 aliphatic rings. The summed E-state index contributed by atoms with van der Waals surface area (Å²) in [6, 6.07) is 25.8. The van der Waals surface area contributed by atoms with Crippen molar-refractivity contribution >= 4 is 23.2 Å². The number of aromatic nitrogens is 2. The van der Waals surface area contributed by atoms with Crippen molar-refractivity contribution in [1.29, 1.82) is 0 Å². The van der Waals surface area contributed by atoms with E-state index in [0.717, 1.165) is 46.8 Å². The Bertz CT molecular complexity index is 1470. The Hall–Kier alpha value is -4.23. The van der Waals surface area contributed by atoms with E-state index in [1.54, 1.807) is 4.68 Å². The van der Waals surface area contributed by atoms with Gasteiger partial charge >= 0.3 is 0 Å². The number of aryl methyl sites for hydroxylation is 2. The molecule has 5 rings (SSSR count). The first-order valence-corrected chi connectivity index (χ1v) is 13.6. The first-order valence-electron chi connectivity index (χ1n) is 13.6. The summed E-state index contributed by atoms with van der Waals surface area (Å²) in [7, 11) is 0. The van der Waals surface area contributed by atoms with E-state index in [0.29, 0.717) is 11.6 Å². The Morgan fingerprint density at radius 1 is 0.923 bits per heavy atom. The van der Waals surface area contributed by atoms with Crippen molar-refractivity contribution < 1.29 is 9.59 Å². The number of amides is 2. The topological polar surface area (TPSA) is 88.1 Å². The Kier molecular flexibility index (Phi) is 7.89. The highest BCUT2D eigenvalue weighted by Gasteiger charge is 2.24. The highest BCUT2D eigenvalue weighted by atomic mass is 16.2. The molecule has 0 spiro atoms. The quantitative estimate of drug-likeness (QED) is 0.237. The van der Waals surface area contributed by atoms with E-state index in [9.17, 15) is 9.59 Å². The molecule has 7 heteroatoms. The van der Waals surface area contributed by atoms with Gasteiger partial charge in [0.1, 0.15) is 5.69 Å². The maximum atomic E-state index is 13.5. The fourth-order valence-corrected chi connectivity index (χ4v) is 4.75. The Morgan fingerprint density at radius 2 is 1.69 bits per heavy atom. The van der Waals surface area contributed by atoms with Gasteiger partial charge in [0, 0.05) is 18.3 Å². The summed E-state index contributed by atoms with van der Waals surface area (Å²) in [6.45, 7) is 6.44. The predicted octanol–water partition coefficient (Wildman–Crippen LogP) is 6.04. The first kappa shape index (κ1) is 26.4. The third-order valence-electron chi connectivity index (χ3n) is 6.98. The highest BCUT2D eigenvalue weighted by Crippen LogP contribution is 2.31. The molecule has 1 saturated carbocycles. The molecule has 3 aromatic carbocycles. The van der Waals surface area contributed by atoms with Crippen molar-refractivity contribution in [2.45, 2.75) is 46.1 Å². The lowest BCUT2D eigenvalue weighted by Gasteiger charge is -2.21. The zero-order chi connectivity index (χ0) is 27.4. The Balaban J connectivity index is 1.39. The minimum absolute atomic E-state index is 0.0432. The molecule has 1 unspecified atom stereocenters. The Morgan fingerprint density at radius 3 is 2.41 bits per heavy atom. The van der Waals surface area contributed by atoms with Crippen molar-refractivity contribution in [2.75, 3.05) is 17.2 Å². The minimum Gasteiger partial charge on any atom is -0.326 e. The van der Waals surface area contributed by atoms with Crippen LogP contribution in [0.4, 0.5) is 11.4 Å². The lowest BCUT2D eigenvalue weighted by atomic mass is 9.97. The standard InChI is InChI=1S/C32H35N5O2/c1-4-23-7-5-10-29(18-23)37-30(17-21(2)36-37)32(39)35-28-9-6-8-26(19-28)31(33-20-24-11-12-24)25-13-15-27(16-14-25)34-22(3)38/h5-10,13-19,24,31,33H,4,11-12,20H2,1-3H3,(H,34,38)(H,35,39). The predicted molar refractivity (Wildman–Crippen MR) is 155 cm³/mol. The molecule has 4 aromatic rings. The molecular weight excluding hydrogens is 486 g/mol. The summed E-state index contributed by atoms with van der Waals surface area (Å²) in [5.41, 5.74) is 6.97. The number of carbonyl (C=O) groups is 2. The summed E-state index contributed by atoms with van der Waals surface area (Å²) in [6.07, 6.45) is 3.42. The van der Waals surface area contributed by atoms with Gasteiger partial charge in [0.15, 0.2) is 0 Å². The zero-order valence-electron chi connectivity index (χ0n) is 22.7. The van der Waals surface area contributed by atoms with Gasteiger partial charge in [0.2, 0.25) is 5.91 Å². The number of nitrogens with zero attached hydrogens (tertiary/aromatic N) is 2. The average molecular weight is 522 g/mol. The smallest absolute Gasteiger partial charge is 0.274 e. The van der Waals surface area contributed by atoms with Crippen molar-refractivity contribution in [2.24, 2.45) is 5.92 Å². The molecule has 0 aliphatic heterocycles. The van der Waals surface area contributed by atoms with Gasteiger partial charge in [-0.2, -0.15) is 5.10 Å². The highest BCUT2D eigenvalue weighted by molar-refractivity contribution is 6.03. The van der Waals surface area contributed by atoms with Gasteiger partial charge in [-0.1, -0.05) is 43.3 Å². The monoisotopic (exact) mass is 521 g/mol. The number of benzene rings is 3. The lowest BCUT2D eigenvalue weighted by Crippen LogP contribution is -2.25. The number of rotatable bonds is 10. The number of anilines is 2. The minimum atomic E-state index is -0.211. The van der Waals surface area contributed by atoms with Crippen LogP contribution in [0.5, 0.6) is 0 Å². The molecule has 0 saturated heterocycles. The van der Waals surface area contributed by atoms with E-state index in [4.69, 9.17) is 0 Å². The average Bonchev–Trinajstić information content (AvgIpc) is 3.68. The number of hydrogen-bond donors (Lipinski definition) is 3. The summed E-state index contributed by atoms with van der Waals surface area (Å²) in [5.74, 6) is 0.407. The van der Waals surface area contributed by atoms with E-state index in [2.05, 4.69) is 46.2 Å². The Labute approximate surface area is 229 Å². The third-order valence-corrected chi connectivity index (χ3v) is 6.98. The normalized spacial score (nSPS) is 13.6. The molecule has 1 heterocycles. The molecule has 200 valence electrons. The number of carbonyl (C=O) groups excluding carboxylic acids is 2. The van der Waals surface area contributed by atoms with Crippen LogP contribution in [0.15, 0.2) is 78.9 Å². The molecule has 0 radical (unpaired) electrons. The van der Waals surface area contributed by atoms with Crippen LogP contribution in [0.25, 0.3) is 5.69 Å². The second-order valence-electron chi connectivity index (χ2n) is 10.3. The molecule has 7 nitrogen and oxygen atoms in total. The van der Waals surface area contributed by atoms with E-state index in [1.807, 2.05) is 67.6 Å². The van der Waals surface area contributed by atoms with Crippen molar-refractivity contribution in [3.05, 3.63) is 107 Å². The number of hydrogen-bond acceptors (Lipinski definition) is 4. The lowest BCUT2D eigenvalue weighted by molar-refractivity contribution is -0.114. The van der Waals surface area contributed by atoms with Crippen molar-refractivity contribution in [3.8, 4) is 5.69 Å². The van der Waals surface area contributed by atoms with E-state index < -0.39 is 0 Å². The second-order valence-corrected chi connectivity index (χ2v) is 10.3. The molecule has 1 fully saturated rings. The number of nitrogens with one attached hydrogen (secondary N) is 3. The van der Waals surface area contributed by atoms with Crippen LogP contribution in [-0.2, 0) is 11.2 Å². The summed E-state index contributed by atoms with van der Waals surface area (Å²) in [5, 5.41) is 14.2. The van der Waals surface area contributed by atoms with Gasteiger partial charge in [-0.05, 0) is 97.8 Å². The van der Waals surface area contributed by atoms with Gasteiger partial charge in [-0.25, -0.2) is 4.68 Å². The molecule has 0 bridgehead atoms. The maximum absolute atomic E-state index is 13.5. The van der Waals surface area contributed by atoms with Gasteiger partial charge in [-0.3, -0.25) is 9.59 Å². The molecule has 39 heavy (non-hydrogen) atoms.